The minimum absolute atomic E-state index is 0.129. The Morgan fingerprint density at radius 2 is 2.09 bits per heavy atom. The van der Waals surface area contributed by atoms with Crippen molar-refractivity contribution >= 4 is 5.91 Å². The fraction of sp³-hybridized carbons (Fsp3) is 0.526. The standard InChI is InChI=1S/C19H27NO3/c1-4-20(19(21)16-9-7-6-8-10-16)14-15-11-12-17(23-5-2)18(13-15)22-3/h6-7,11-13,16H,4-5,8-10,14H2,1-3H3/t16-/m1/s1. The summed E-state index contributed by atoms with van der Waals surface area (Å²) in [5.74, 6) is 1.84. The summed E-state index contributed by atoms with van der Waals surface area (Å²) in [6, 6.07) is 5.88. The first-order valence-electron chi connectivity index (χ1n) is 8.43. The highest BCUT2D eigenvalue weighted by molar-refractivity contribution is 5.79. The first-order valence-corrected chi connectivity index (χ1v) is 8.43. The lowest BCUT2D eigenvalue weighted by molar-refractivity contribution is -0.136. The molecule has 0 spiro atoms. The molecule has 0 aromatic heterocycles. The Bertz CT molecular complexity index is 554. The van der Waals surface area contributed by atoms with Gasteiger partial charge in [0.2, 0.25) is 5.91 Å². The molecule has 0 heterocycles. The molecular weight excluding hydrogens is 290 g/mol. The molecule has 1 aliphatic carbocycles. The SMILES string of the molecule is CCOc1ccc(CN(CC)C(=O)[C@@H]2CC=CCC2)cc1OC. The molecule has 1 atom stereocenters. The predicted molar refractivity (Wildman–Crippen MR) is 91.7 cm³/mol. The number of nitrogens with zero attached hydrogens (tertiary/aromatic N) is 1. The summed E-state index contributed by atoms with van der Waals surface area (Å²) >= 11 is 0. The van der Waals surface area contributed by atoms with Gasteiger partial charge in [0, 0.05) is 19.0 Å². The molecule has 0 aliphatic heterocycles. The molecule has 1 aromatic rings. The Kier molecular flexibility index (Phi) is 6.51. The van der Waals surface area contributed by atoms with Crippen LogP contribution >= 0.6 is 0 Å². The summed E-state index contributed by atoms with van der Waals surface area (Å²) in [7, 11) is 1.64. The van der Waals surface area contributed by atoms with Crippen LogP contribution in [0, 0.1) is 5.92 Å². The number of hydrogen-bond donors (Lipinski definition) is 0. The van der Waals surface area contributed by atoms with Crippen LogP contribution in [0.4, 0.5) is 0 Å². The van der Waals surface area contributed by atoms with E-state index in [0.29, 0.717) is 25.4 Å². The summed E-state index contributed by atoms with van der Waals surface area (Å²) in [5.41, 5.74) is 1.06. The summed E-state index contributed by atoms with van der Waals surface area (Å²) in [5, 5.41) is 0. The zero-order valence-corrected chi connectivity index (χ0v) is 14.4. The number of amides is 1. The van der Waals surface area contributed by atoms with Gasteiger partial charge in [-0.3, -0.25) is 4.79 Å². The van der Waals surface area contributed by atoms with Crippen LogP contribution in [0.3, 0.4) is 0 Å². The third-order valence-corrected chi connectivity index (χ3v) is 4.21. The molecule has 0 fully saturated rings. The molecule has 0 radical (unpaired) electrons. The number of ether oxygens (including phenoxy) is 2. The van der Waals surface area contributed by atoms with E-state index in [1.165, 1.54) is 0 Å². The second kappa shape index (κ2) is 8.61. The number of carbonyl (C=O) groups is 1. The van der Waals surface area contributed by atoms with E-state index >= 15 is 0 Å². The zero-order chi connectivity index (χ0) is 16.7. The first-order chi connectivity index (χ1) is 11.2. The number of carbonyl (C=O) groups excluding carboxylic acids is 1. The van der Waals surface area contributed by atoms with E-state index in [1.807, 2.05) is 36.9 Å². The van der Waals surface area contributed by atoms with Crippen molar-refractivity contribution in [1.82, 2.24) is 4.90 Å². The van der Waals surface area contributed by atoms with E-state index in [0.717, 1.165) is 30.6 Å². The zero-order valence-electron chi connectivity index (χ0n) is 14.4. The molecule has 2 rings (SSSR count). The van der Waals surface area contributed by atoms with Crippen molar-refractivity contribution in [1.29, 1.82) is 0 Å². The number of rotatable bonds is 7. The highest BCUT2D eigenvalue weighted by Gasteiger charge is 2.23. The van der Waals surface area contributed by atoms with Gasteiger partial charge < -0.3 is 14.4 Å². The van der Waals surface area contributed by atoms with Gasteiger partial charge in [-0.2, -0.15) is 0 Å². The van der Waals surface area contributed by atoms with E-state index in [1.54, 1.807) is 7.11 Å². The minimum Gasteiger partial charge on any atom is -0.493 e. The lowest BCUT2D eigenvalue weighted by Gasteiger charge is -2.27. The average Bonchev–Trinajstić information content (AvgIpc) is 2.61. The van der Waals surface area contributed by atoms with Gasteiger partial charge in [-0.05, 0) is 50.8 Å². The second-order valence-corrected chi connectivity index (χ2v) is 5.75. The summed E-state index contributed by atoms with van der Waals surface area (Å²) in [6.07, 6.45) is 7.11. The van der Waals surface area contributed by atoms with Crippen LogP contribution in [-0.2, 0) is 11.3 Å². The van der Waals surface area contributed by atoms with Gasteiger partial charge in [0.05, 0.1) is 13.7 Å². The van der Waals surface area contributed by atoms with Crippen molar-refractivity contribution in [2.75, 3.05) is 20.3 Å². The Morgan fingerprint density at radius 3 is 2.70 bits per heavy atom. The maximum atomic E-state index is 12.7. The van der Waals surface area contributed by atoms with Gasteiger partial charge in [0.15, 0.2) is 11.5 Å². The normalized spacial score (nSPS) is 16.9. The van der Waals surface area contributed by atoms with Crippen LogP contribution in [0.2, 0.25) is 0 Å². The minimum atomic E-state index is 0.129. The molecule has 4 nitrogen and oxygen atoms in total. The van der Waals surface area contributed by atoms with Crippen molar-refractivity contribution in [2.45, 2.75) is 39.7 Å². The summed E-state index contributed by atoms with van der Waals surface area (Å²) in [6.45, 7) is 5.91. The fourth-order valence-electron chi connectivity index (χ4n) is 2.93. The van der Waals surface area contributed by atoms with Crippen molar-refractivity contribution in [3.8, 4) is 11.5 Å². The number of benzene rings is 1. The van der Waals surface area contributed by atoms with Crippen LogP contribution in [0.5, 0.6) is 11.5 Å². The highest BCUT2D eigenvalue weighted by Crippen LogP contribution is 2.29. The monoisotopic (exact) mass is 317 g/mol. The van der Waals surface area contributed by atoms with E-state index in [-0.39, 0.29) is 11.8 Å². The Labute approximate surface area is 139 Å². The Morgan fingerprint density at radius 1 is 1.26 bits per heavy atom. The highest BCUT2D eigenvalue weighted by atomic mass is 16.5. The summed E-state index contributed by atoms with van der Waals surface area (Å²) in [4.78, 5) is 14.6. The topological polar surface area (TPSA) is 38.8 Å². The molecule has 0 bridgehead atoms. The molecule has 1 amide bonds. The molecule has 1 aromatic carbocycles. The van der Waals surface area contributed by atoms with E-state index < -0.39 is 0 Å². The van der Waals surface area contributed by atoms with Crippen LogP contribution < -0.4 is 9.47 Å². The molecule has 0 saturated heterocycles. The Balaban J connectivity index is 2.08. The van der Waals surface area contributed by atoms with Crippen LogP contribution in [-0.4, -0.2) is 31.1 Å². The fourth-order valence-corrected chi connectivity index (χ4v) is 2.93. The van der Waals surface area contributed by atoms with E-state index in [2.05, 4.69) is 12.2 Å². The lowest BCUT2D eigenvalue weighted by Crippen LogP contribution is -2.36. The van der Waals surface area contributed by atoms with Crippen LogP contribution in [0.25, 0.3) is 0 Å². The van der Waals surface area contributed by atoms with Crippen molar-refractivity contribution < 1.29 is 14.3 Å². The molecule has 23 heavy (non-hydrogen) atoms. The van der Waals surface area contributed by atoms with Crippen LogP contribution in [0.1, 0.15) is 38.7 Å². The molecule has 0 N–H and O–H groups in total. The van der Waals surface area contributed by atoms with Crippen molar-refractivity contribution in [3.05, 3.63) is 35.9 Å². The molecule has 1 aliphatic rings. The summed E-state index contributed by atoms with van der Waals surface area (Å²) < 4.78 is 10.9. The van der Waals surface area contributed by atoms with Crippen molar-refractivity contribution in [2.24, 2.45) is 5.92 Å². The van der Waals surface area contributed by atoms with Gasteiger partial charge in [-0.15, -0.1) is 0 Å². The quantitative estimate of drug-likeness (QED) is 0.718. The van der Waals surface area contributed by atoms with Gasteiger partial charge in [0.25, 0.3) is 0 Å². The molecule has 4 heteroatoms. The maximum absolute atomic E-state index is 12.7. The van der Waals surface area contributed by atoms with Crippen molar-refractivity contribution in [3.63, 3.8) is 0 Å². The van der Waals surface area contributed by atoms with Gasteiger partial charge >= 0.3 is 0 Å². The number of methoxy groups -OCH3 is 1. The Hall–Kier alpha value is -1.97. The molecule has 0 unspecified atom stereocenters. The first kappa shape index (κ1) is 17.4. The largest absolute Gasteiger partial charge is 0.493 e. The third-order valence-electron chi connectivity index (χ3n) is 4.21. The number of allylic oxidation sites excluding steroid dienone is 2. The molecule has 0 saturated carbocycles. The van der Waals surface area contributed by atoms with E-state index in [4.69, 9.17) is 9.47 Å². The lowest BCUT2D eigenvalue weighted by atomic mass is 9.93. The van der Waals surface area contributed by atoms with Crippen LogP contribution in [0.15, 0.2) is 30.4 Å². The molecular formula is C19H27NO3. The van der Waals surface area contributed by atoms with E-state index in [9.17, 15) is 4.79 Å². The predicted octanol–water partition coefficient (Wildman–Crippen LogP) is 3.80. The third kappa shape index (κ3) is 4.50. The van der Waals surface area contributed by atoms with Gasteiger partial charge in [-0.25, -0.2) is 0 Å². The van der Waals surface area contributed by atoms with Gasteiger partial charge in [-0.1, -0.05) is 18.2 Å². The maximum Gasteiger partial charge on any atom is 0.226 e. The smallest absolute Gasteiger partial charge is 0.226 e. The average molecular weight is 317 g/mol. The number of hydrogen-bond acceptors (Lipinski definition) is 3. The van der Waals surface area contributed by atoms with Gasteiger partial charge in [0.1, 0.15) is 0 Å². The second-order valence-electron chi connectivity index (χ2n) is 5.75. The molecule has 126 valence electrons.